The van der Waals surface area contributed by atoms with E-state index in [9.17, 15) is 13.2 Å². The number of anilines is 1. The highest BCUT2D eigenvalue weighted by molar-refractivity contribution is 7.85. The average molecular weight is 286 g/mol. The molecule has 19 heavy (non-hydrogen) atoms. The Bertz CT molecular complexity index is 566. The van der Waals surface area contributed by atoms with E-state index in [1.807, 2.05) is 0 Å². The number of carbonyl (C=O) groups is 1. The molecule has 1 heterocycles. The molecule has 7 nitrogen and oxygen atoms in total. The Balaban J connectivity index is 2.00. The van der Waals surface area contributed by atoms with Crippen LogP contribution in [0.2, 0.25) is 0 Å². The fourth-order valence-corrected chi connectivity index (χ4v) is 2.27. The van der Waals surface area contributed by atoms with E-state index in [-0.39, 0.29) is 16.8 Å². The highest BCUT2D eigenvalue weighted by Crippen LogP contribution is 2.15. The van der Waals surface area contributed by atoms with Crippen molar-refractivity contribution >= 4 is 21.8 Å². The Morgan fingerprint density at radius 1 is 1.42 bits per heavy atom. The third-order valence-corrected chi connectivity index (χ3v) is 3.46. The van der Waals surface area contributed by atoms with Crippen LogP contribution in [-0.2, 0) is 14.9 Å². The second kappa shape index (κ2) is 5.55. The number of nitrogens with one attached hydrogen (secondary N) is 2. The number of hydrogen-bond donors (Lipinski definition) is 3. The van der Waals surface area contributed by atoms with Crippen molar-refractivity contribution in [3.8, 4) is 0 Å². The minimum atomic E-state index is -4.28. The molecule has 1 aromatic carbocycles. The Kier molecular flexibility index (Phi) is 4.03. The van der Waals surface area contributed by atoms with Crippen LogP contribution in [0.5, 0.6) is 0 Å². The molecule has 104 valence electrons. The predicted octanol–water partition coefficient (Wildman–Crippen LogP) is 1.19. The largest absolute Gasteiger partial charge is 0.358 e. The lowest BCUT2D eigenvalue weighted by Gasteiger charge is -2.13. The summed E-state index contributed by atoms with van der Waals surface area (Å²) in [6.07, 6.45) is 1.33. The number of hydrogen-bond acceptors (Lipinski definition) is 4. The van der Waals surface area contributed by atoms with E-state index < -0.39 is 16.1 Å². The number of amides is 2. The van der Waals surface area contributed by atoms with E-state index in [1.54, 1.807) is 0 Å². The molecule has 2 amide bonds. The molecular weight excluding hydrogens is 272 g/mol. The molecule has 0 aliphatic carbocycles. The topological polar surface area (TPSA) is 105 Å². The highest BCUT2D eigenvalue weighted by atomic mass is 32.2. The van der Waals surface area contributed by atoms with Crippen LogP contribution in [0.25, 0.3) is 0 Å². The summed E-state index contributed by atoms with van der Waals surface area (Å²) in [6.45, 7) is 0.614. The number of ether oxygens (including phenoxy) is 1. The lowest BCUT2D eigenvalue weighted by atomic mass is 10.3. The standard InChI is InChI=1S/C11H14N2O5S/c14-11(13-10-5-2-6-18-10)12-8-3-1-4-9(7-8)19(15,16)17/h1,3-4,7,10H,2,5-6H2,(H2,12,13,14)(H,15,16,17). The van der Waals surface area contributed by atoms with Gasteiger partial charge in [0.25, 0.3) is 10.1 Å². The summed E-state index contributed by atoms with van der Waals surface area (Å²) in [4.78, 5) is 11.3. The first kappa shape index (κ1) is 13.8. The van der Waals surface area contributed by atoms with Crippen molar-refractivity contribution < 1.29 is 22.5 Å². The van der Waals surface area contributed by atoms with Gasteiger partial charge in [-0.1, -0.05) is 6.07 Å². The molecule has 0 bridgehead atoms. The van der Waals surface area contributed by atoms with Crippen LogP contribution >= 0.6 is 0 Å². The normalized spacial score (nSPS) is 19.1. The number of urea groups is 1. The molecule has 1 fully saturated rings. The summed E-state index contributed by atoms with van der Waals surface area (Å²) in [5, 5.41) is 5.08. The minimum absolute atomic E-state index is 0.269. The molecule has 8 heteroatoms. The first-order valence-corrected chi connectivity index (χ1v) is 7.16. The molecule has 1 saturated heterocycles. The molecule has 1 atom stereocenters. The lowest BCUT2D eigenvalue weighted by molar-refractivity contribution is 0.0928. The summed E-state index contributed by atoms with van der Waals surface area (Å²) in [5.41, 5.74) is 0.269. The number of rotatable bonds is 3. The third kappa shape index (κ3) is 3.91. The van der Waals surface area contributed by atoms with Crippen LogP contribution in [-0.4, -0.2) is 31.8 Å². The molecule has 0 spiro atoms. The van der Waals surface area contributed by atoms with Gasteiger partial charge in [0, 0.05) is 12.3 Å². The Hall–Kier alpha value is -1.64. The molecular formula is C11H14N2O5S. The van der Waals surface area contributed by atoms with Gasteiger partial charge < -0.3 is 15.4 Å². The summed E-state index contributed by atoms with van der Waals surface area (Å²) in [6, 6.07) is 4.86. The van der Waals surface area contributed by atoms with Gasteiger partial charge >= 0.3 is 6.03 Å². The van der Waals surface area contributed by atoms with Crippen molar-refractivity contribution in [1.29, 1.82) is 0 Å². The van der Waals surface area contributed by atoms with E-state index in [0.717, 1.165) is 12.8 Å². The lowest BCUT2D eigenvalue weighted by Crippen LogP contribution is -2.37. The zero-order chi connectivity index (χ0) is 13.9. The number of carbonyl (C=O) groups excluding carboxylic acids is 1. The van der Waals surface area contributed by atoms with Gasteiger partial charge in [0.2, 0.25) is 0 Å². The zero-order valence-electron chi connectivity index (χ0n) is 10.00. The van der Waals surface area contributed by atoms with Gasteiger partial charge in [-0.15, -0.1) is 0 Å². The van der Waals surface area contributed by atoms with E-state index in [2.05, 4.69) is 10.6 Å². The number of benzene rings is 1. The van der Waals surface area contributed by atoms with Crippen molar-refractivity contribution in [2.75, 3.05) is 11.9 Å². The summed E-state index contributed by atoms with van der Waals surface area (Å²) >= 11 is 0. The van der Waals surface area contributed by atoms with E-state index in [0.29, 0.717) is 6.61 Å². The maximum absolute atomic E-state index is 11.6. The molecule has 1 aromatic rings. The Morgan fingerprint density at radius 2 is 2.21 bits per heavy atom. The van der Waals surface area contributed by atoms with Gasteiger partial charge in [-0.3, -0.25) is 4.55 Å². The van der Waals surface area contributed by atoms with Gasteiger partial charge in [0.05, 0.1) is 4.90 Å². The van der Waals surface area contributed by atoms with Crippen molar-refractivity contribution in [2.45, 2.75) is 24.0 Å². The molecule has 1 aliphatic heterocycles. The quantitative estimate of drug-likeness (QED) is 0.724. The van der Waals surface area contributed by atoms with Crippen LogP contribution in [0.15, 0.2) is 29.2 Å². The third-order valence-electron chi connectivity index (χ3n) is 2.61. The van der Waals surface area contributed by atoms with Gasteiger partial charge in [-0.25, -0.2) is 4.79 Å². The first-order chi connectivity index (χ1) is 8.95. The first-order valence-electron chi connectivity index (χ1n) is 5.72. The molecule has 1 unspecified atom stereocenters. The Morgan fingerprint density at radius 3 is 2.84 bits per heavy atom. The maximum atomic E-state index is 11.6. The fourth-order valence-electron chi connectivity index (χ4n) is 1.74. The van der Waals surface area contributed by atoms with Crippen molar-refractivity contribution in [3.63, 3.8) is 0 Å². The fraction of sp³-hybridized carbons (Fsp3) is 0.364. The van der Waals surface area contributed by atoms with Gasteiger partial charge in [0.15, 0.2) is 0 Å². The average Bonchev–Trinajstić information content (AvgIpc) is 2.80. The van der Waals surface area contributed by atoms with Crippen LogP contribution in [0.1, 0.15) is 12.8 Å². The van der Waals surface area contributed by atoms with E-state index >= 15 is 0 Å². The maximum Gasteiger partial charge on any atom is 0.321 e. The van der Waals surface area contributed by atoms with Crippen molar-refractivity contribution in [3.05, 3.63) is 24.3 Å². The molecule has 0 radical (unpaired) electrons. The van der Waals surface area contributed by atoms with Crippen LogP contribution in [0.4, 0.5) is 10.5 Å². The monoisotopic (exact) mass is 286 g/mol. The van der Waals surface area contributed by atoms with Crippen molar-refractivity contribution in [1.82, 2.24) is 5.32 Å². The molecule has 3 N–H and O–H groups in total. The SMILES string of the molecule is O=C(Nc1cccc(S(=O)(=O)O)c1)NC1CCCO1. The van der Waals surface area contributed by atoms with Gasteiger partial charge in [0.1, 0.15) is 6.23 Å². The predicted molar refractivity (Wildman–Crippen MR) is 67.4 cm³/mol. The molecule has 2 rings (SSSR count). The second-order valence-electron chi connectivity index (χ2n) is 4.10. The molecule has 0 aromatic heterocycles. The summed E-state index contributed by atoms with van der Waals surface area (Å²) < 4.78 is 36.0. The summed E-state index contributed by atoms with van der Waals surface area (Å²) in [7, 11) is -4.28. The Labute approximate surface area is 110 Å². The van der Waals surface area contributed by atoms with Crippen LogP contribution in [0.3, 0.4) is 0 Å². The van der Waals surface area contributed by atoms with Gasteiger partial charge in [-0.2, -0.15) is 8.42 Å². The second-order valence-corrected chi connectivity index (χ2v) is 5.52. The van der Waals surface area contributed by atoms with Gasteiger partial charge in [-0.05, 0) is 31.0 Å². The van der Waals surface area contributed by atoms with Crippen LogP contribution < -0.4 is 10.6 Å². The van der Waals surface area contributed by atoms with E-state index in [4.69, 9.17) is 9.29 Å². The molecule has 1 aliphatic rings. The minimum Gasteiger partial charge on any atom is -0.358 e. The summed E-state index contributed by atoms with van der Waals surface area (Å²) in [5.74, 6) is 0. The van der Waals surface area contributed by atoms with Crippen molar-refractivity contribution in [2.24, 2.45) is 0 Å². The van der Waals surface area contributed by atoms with E-state index in [1.165, 1.54) is 24.3 Å². The van der Waals surface area contributed by atoms with Crippen LogP contribution in [0, 0.1) is 0 Å². The zero-order valence-corrected chi connectivity index (χ0v) is 10.8. The smallest absolute Gasteiger partial charge is 0.321 e. The highest BCUT2D eigenvalue weighted by Gasteiger charge is 2.18. The molecule has 0 saturated carbocycles.